The predicted molar refractivity (Wildman–Crippen MR) is 79.2 cm³/mol. The summed E-state index contributed by atoms with van der Waals surface area (Å²) in [5, 5.41) is 10.1. The van der Waals surface area contributed by atoms with E-state index in [1.54, 1.807) is 21.0 Å². The van der Waals surface area contributed by atoms with Gasteiger partial charge in [0.1, 0.15) is 6.10 Å². The number of methoxy groups -OCH3 is 1. The summed E-state index contributed by atoms with van der Waals surface area (Å²) in [7, 11) is 1.64. The lowest BCUT2D eigenvalue weighted by Gasteiger charge is -2.25. The highest BCUT2D eigenvalue weighted by molar-refractivity contribution is 7.99. The second-order valence-corrected chi connectivity index (χ2v) is 6.58. The smallest absolute Gasteiger partial charge is 0.161 e. The molecule has 1 N–H and O–H groups in total. The summed E-state index contributed by atoms with van der Waals surface area (Å²) in [6.07, 6.45) is 2.40. The Morgan fingerprint density at radius 1 is 1.21 bits per heavy atom. The Balaban J connectivity index is 2.20. The molecule has 0 aromatic heterocycles. The molecular weight excluding hydrogens is 260 g/mol. The van der Waals surface area contributed by atoms with E-state index < -0.39 is 5.60 Å². The molecule has 0 atom stereocenters. The number of thioether (sulfide) groups is 1. The molecular formula is C15H22O3S. The Hall–Kier alpha value is -0.870. The van der Waals surface area contributed by atoms with Crippen molar-refractivity contribution in [3.05, 3.63) is 23.8 Å². The molecule has 3 nitrogen and oxygen atoms in total. The van der Waals surface area contributed by atoms with Crippen LogP contribution in [0, 0.1) is 0 Å². The topological polar surface area (TPSA) is 38.7 Å². The molecule has 0 radical (unpaired) electrons. The van der Waals surface area contributed by atoms with Crippen molar-refractivity contribution in [1.82, 2.24) is 0 Å². The third-order valence-electron chi connectivity index (χ3n) is 3.33. The van der Waals surface area contributed by atoms with Gasteiger partial charge in [-0.3, -0.25) is 0 Å². The second-order valence-electron chi connectivity index (χ2n) is 5.35. The molecule has 0 unspecified atom stereocenters. The molecule has 1 saturated heterocycles. The van der Waals surface area contributed by atoms with Crippen LogP contribution in [0.5, 0.6) is 11.5 Å². The average Bonchev–Trinajstić information content (AvgIpc) is 2.39. The van der Waals surface area contributed by atoms with Crippen LogP contribution in [0.4, 0.5) is 0 Å². The van der Waals surface area contributed by atoms with Crippen molar-refractivity contribution in [1.29, 1.82) is 0 Å². The number of benzene rings is 1. The number of rotatable bonds is 4. The molecule has 0 spiro atoms. The van der Waals surface area contributed by atoms with E-state index >= 15 is 0 Å². The third-order valence-corrected chi connectivity index (χ3v) is 4.38. The first kappa shape index (κ1) is 14.5. The highest BCUT2D eigenvalue weighted by Crippen LogP contribution is 2.34. The van der Waals surface area contributed by atoms with Crippen molar-refractivity contribution in [2.75, 3.05) is 18.6 Å². The zero-order valence-corrected chi connectivity index (χ0v) is 12.6. The van der Waals surface area contributed by atoms with E-state index in [0.29, 0.717) is 0 Å². The Bertz CT molecular complexity index is 420. The van der Waals surface area contributed by atoms with Crippen LogP contribution in [-0.4, -0.2) is 29.8 Å². The van der Waals surface area contributed by atoms with Gasteiger partial charge in [-0.1, -0.05) is 6.07 Å². The second kappa shape index (κ2) is 6.06. The van der Waals surface area contributed by atoms with E-state index in [-0.39, 0.29) is 6.10 Å². The minimum absolute atomic E-state index is 0.257. The van der Waals surface area contributed by atoms with Gasteiger partial charge in [0, 0.05) is 0 Å². The van der Waals surface area contributed by atoms with Crippen molar-refractivity contribution in [3.8, 4) is 11.5 Å². The van der Waals surface area contributed by atoms with Crippen molar-refractivity contribution in [2.24, 2.45) is 0 Å². The van der Waals surface area contributed by atoms with E-state index in [1.165, 1.54) is 0 Å². The van der Waals surface area contributed by atoms with E-state index in [2.05, 4.69) is 0 Å². The van der Waals surface area contributed by atoms with Gasteiger partial charge in [0.15, 0.2) is 11.5 Å². The van der Waals surface area contributed by atoms with Gasteiger partial charge in [-0.15, -0.1) is 0 Å². The van der Waals surface area contributed by atoms with Gasteiger partial charge in [-0.25, -0.2) is 0 Å². The molecule has 0 saturated carbocycles. The summed E-state index contributed by atoms with van der Waals surface area (Å²) < 4.78 is 11.4. The Morgan fingerprint density at radius 3 is 2.47 bits per heavy atom. The molecule has 1 aliphatic heterocycles. The van der Waals surface area contributed by atoms with E-state index in [4.69, 9.17) is 9.47 Å². The molecule has 1 heterocycles. The van der Waals surface area contributed by atoms with Crippen LogP contribution in [0.1, 0.15) is 32.3 Å². The lowest BCUT2D eigenvalue weighted by molar-refractivity contribution is 0.0778. The highest BCUT2D eigenvalue weighted by atomic mass is 32.2. The zero-order chi connectivity index (χ0) is 13.9. The Labute approximate surface area is 119 Å². The average molecular weight is 282 g/mol. The third kappa shape index (κ3) is 3.80. The summed E-state index contributed by atoms with van der Waals surface area (Å²) in [6.45, 7) is 3.55. The monoisotopic (exact) mass is 282 g/mol. The quantitative estimate of drug-likeness (QED) is 0.920. The predicted octanol–water partition coefficient (Wildman–Crippen LogP) is 3.20. The summed E-state index contributed by atoms with van der Waals surface area (Å²) in [5.41, 5.74) is -0.0271. The fourth-order valence-electron chi connectivity index (χ4n) is 2.12. The van der Waals surface area contributed by atoms with E-state index in [0.717, 1.165) is 41.4 Å². The van der Waals surface area contributed by atoms with Crippen LogP contribution in [0.25, 0.3) is 0 Å². The summed E-state index contributed by atoms with van der Waals surface area (Å²) in [5.74, 6) is 3.77. The van der Waals surface area contributed by atoms with Gasteiger partial charge < -0.3 is 14.6 Å². The maximum absolute atomic E-state index is 10.1. The zero-order valence-electron chi connectivity index (χ0n) is 11.8. The van der Waals surface area contributed by atoms with Crippen LogP contribution in [0.2, 0.25) is 0 Å². The lowest BCUT2D eigenvalue weighted by atomic mass is 9.98. The summed E-state index contributed by atoms with van der Waals surface area (Å²) in [6, 6.07) is 5.63. The number of ether oxygens (including phenoxy) is 2. The largest absolute Gasteiger partial charge is 0.493 e. The summed E-state index contributed by atoms with van der Waals surface area (Å²) >= 11 is 1.98. The van der Waals surface area contributed by atoms with Crippen molar-refractivity contribution in [2.45, 2.75) is 38.4 Å². The number of aliphatic hydroxyl groups is 1. The fourth-order valence-corrected chi connectivity index (χ4v) is 3.19. The molecule has 1 aliphatic rings. The van der Waals surface area contributed by atoms with Crippen molar-refractivity contribution < 1.29 is 14.6 Å². The van der Waals surface area contributed by atoms with Crippen LogP contribution in [0.15, 0.2) is 18.2 Å². The first-order valence-electron chi connectivity index (χ1n) is 6.66. The van der Waals surface area contributed by atoms with Crippen molar-refractivity contribution >= 4 is 11.8 Å². The lowest BCUT2D eigenvalue weighted by Crippen LogP contribution is -2.23. The van der Waals surface area contributed by atoms with E-state index in [9.17, 15) is 5.11 Å². The molecule has 4 heteroatoms. The van der Waals surface area contributed by atoms with Gasteiger partial charge in [0.2, 0.25) is 0 Å². The van der Waals surface area contributed by atoms with Gasteiger partial charge in [0.25, 0.3) is 0 Å². The molecule has 0 aliphatic carbocycles. The summed E-state index contributed by atoms with van der Waals surface area (Å²) in [4.78, 5) is 0. The van der Waals surface area contributed by atoms with Crippen LogP contribution in [-0.2, 0) is 5.60 Å². The van der Waals surface area contributed by atoms with Crippen LogP contribution >= 0.6 is 11.8 Å². The number of hydrogen-bond acceptors (Lipinski definition) is 4. The maximum atomic E-state index is 10.1. The Kier molecular flexibility index (Phi) is 4.63. The van der Waals surface area contributed by atoms with Crippen LogP contribution in [0.3, 0.4) is 0 Å². The molecule has 1 fully saturated rings. The SMILES string of the molecule is COc1ccc(C(C)(C)O)cc1OC1CCSCC1. The van der Waals surface area contributed by atoms with E-state index in [1.807, 2.05) is 30.0 Å². The molecule has 19 heavy (non-hydrogen) atoms. The molecule has 2 rings (SSSR count). The molecule has 106 valence electrons. The molecule has 1 aromatic carbocycles. The normalized spacial score (nSPS) is 17.3. The first-order valence-corrected chi connectivity index (χ1v) is 7.81. The van der Waals surface area contributed by atoms with Crippen LogP contribution < -0.4 is 9.47 Å². The van der Waals surface area contributed by atoms with Gasteiger partial charge in [-0.2, -0.15) is 11.8 Å². The fraction of sp³-hybridized carbons (Fsp3) is 0.600. The molecule has 0 bridgehead atoms. The standard InChI is InChI=1S/C15H22O3S/c1-15(2,16)11-4-5-13(17-3)14(10-11)18-12-6-8-19-9-7-12/h4-5,10,12,16H,6-9H2,1-3H3. The van der Waals surface area contributed by atoms with Crippen molar-refractivity contribution in [3.63, 3.8) is 0 Å². The number of hydrogen-bond donors (Lipinski definition) is 1. The molecule has 0 amide bonds. The first-order chi connectivity index (χ1) is 9.00. The van der Waals surface area contributed by atoms with Gasteiger partial charge in [-0.05, 0) is 55.9 Å². The van der Waals surface area contributed by atoms with Gasteiger partial charge in [0.05, 0.1) is 12.7 Å². The Morgan fingerprint density at radius 2 is 1.89 bits per heavy atom. The molecule has 1 aromatic rings. The maximum Gasteiger partial charge on any atom is 0.161 e. The minimum Gasteiger partial charge on any atom is -0.493 e. The van der Waals surface area contributed by atoms with Gasteiger partial charge >= 0.3 is 0 Å². The highest BCUT2D eigenvalue weighted by Gasteiger charge is 2.21. The minimum atomic E-state index is -0.868.